The van der Waals surface area contributed by atoms with Gasteiger partial charge < -0.3 is 14.4 Å². The molecule has 0 bridgehead atoms. The van der Waals surface area contributed by atoms with Crippen molar-refractivity contribution in [2.24, 2.45) is 0 Å². The minimum absolute atomic E-state index is 0.188. The van der Waals surface area contributed by atoms with Crippen molar-refractivity contribution in [3.63, 3.8) is 0 Å². The van der Waals surface area contributed by atoms with E-state index in [1.165, 1.54) is 7.11 Å². The number of esters is 1. The van der Waals surface area contributed by atoms with Crippen LogP contribution in [-0.2, 0) is 10.2 Å². The molecule has 1 aromatic rings. The number of hydrogen-bond acceptors (Lipinski definition) is 6. The zero-order valence-electron chi connectivity index (χ0n) is 16.5. The molecular formula is C20H29N3O3. The van der Waals surface area contributed by atoms with Gasteiger partial charge in [-0.25, -0.2) is 4.79 Å². The molecule has 0 aliphatic carbocycles. The van der Waals surface area contributed by atoms with Gasteiger partial charge in [-0.1, -0.05) is 20.8 Å². The molecule has 1 heterocycles. The van der Waals surface area contributed by atoms with Crippen molar-refractivity contribution in [2.45, 2.75) is 26.2 Å². The summed E-state index contributed by atoms with van der Waals surface area (Å²) in [6.07, 6.45) is 0. The zero-order chi connectivity index (χ0) is 19.3. The lowest BCUT2D eigenvalue weighted by atomic mass is 9.85. The summed E-state index contributed by atoms with van der Waals surface area (Å²) in [4.78, 5) is 16.9. The first kappa shape index (κ1) is 20.2. The van der Waals surface area contributed by atoms with Crippen molar-refractivity contribution in [1.82, 2.24) is 9.80 Å². The lowest BCUT2D eigenvalue weighted by Gasteiger charge is -2.32. The molecule has 1 aliphatic rings. The summed E-state index contributed by atoms with van der Waals surface area (Å²) in [5.41, 5.74) is 1.40. The number of carbonyl (C=O) groups excluding carboxylic acids is 1. The Labute approximate surface area is 156 Å². The fraction of sp³-hybridized carbons (Fsp3) is 0.600. The predicted molar refractivity (Wildman–Crippen MR) is 101 cm³/mol. The molecule has 0 amide bonds. The third-order valence-corrected chi connectivity index (χ3v) is 4.73. The van der Waals surface area contributed by atoms with E-state index in [9.17, 15) is 10.1 Å². The van der Waals surface area contributed by atoms with Gasteiger partial charge in [0.15, 0.2) is 5.75 Å². The van der Waals surface area contributed by atoms with Gasteiger partial charge in [-0.2, -0.15) is 5.26 Å². The maximum atomic E-state index is 12.3. The molecule has 0 radical (unpaired) electrons. The van der Waals surface area contributed by atoms with Crippen LogP contribution >= 0.6 is 0 Å². The molecule has 6 heteroatoms. The van der Waals surface area contributed by atoms with E-state index in [4.69, 9.17) is 9.47 Å². The lowest BCUT2D eigenvalue weighted by molar-refractivity contribution is 0.0594. The fourth-order valence-corrected chi connectivity index (χ4v) is 2.91. The molecular weight excluding hydrogens is 330 g/mol. The Bertz CT molecular complexity index is 681. The number of piperazine rings is 1. The first-order valence-electron chi connectivity index (χ1n) is 8.97. The van der Waals surface area contributed by atoms with Gasteiger partial charge in [0.2, 0.25) is 0 Å². The fourth-order valence-electron chi connectivity index (χ4n) is 2.91. The highest BCUT2D eigenvalue weighted by Gasteiger charge is 2.24. The van der Waals surface area contributed by atoms with Crippen LogP contribution in [0.15, 0.2) is 12.1 Å². The minimum Gasteiger partial charge on any atom is -0.490 e. The topological polar surface area (TPSA) is 65.8 Å². The van der Waals surface area contributed by atoms with Crippen LogP contribution < -0.4 is 4.74 Å². The summed E-state index contributed by atoms with van der Waals surface area (Å²) in [5.74, 6) is -0.163. The second-order valence-electron chi connectivity index (χ2n) is 7.75. The SMILES string of the molecule is COC(=O)c1cc(C(C)(C)C)cc(C#N)c1OCCN1CCN(C)CC1. The van der Waals surface area contributed by atoms with Crippen LogP contribution in [0.2, 0.25) is 0 Å². The van der Waals surface area contributed by atoms with E-state index >= 15 is 0 Å². The normalized spacial score (nSPS) is 16.2. The molecule has 6 nitrogen and oxygen atoms in total. The molecule has 0 atom stereocenters. The summed E-state index contributed by atoms with van der Waals surface area (Å²) >= 11 is 0. The molecule has 142 valence electrons. The van der Waals surface area contributed by atoms with Crippen molar-refractivity contribution in [1.29, 1.82) is 5.26 Å². The number of hydrogen-bond donors (Lipinski definition) is 0. The first-order chi connectivity index (χ1) is 12.3. The summed E-state index contributed by atoms with van der Waals surface area (Å²) in [7, 11) is 3.46. The number of carbonyl (C=O) groups is 1. The molecule has 0 unspecified atom stereocenters. The first-order valence-corrected chi connectivity index (χ1v) is 8.97. The van der Waals surface area contributed by atoms with Gasteiger partial charge in [0.1, 0.15) is 18.2 Å². The van der Waals surface area contributed by atoms with Gasteiger partial charge in [0.05, 0.1) is 12.7 Å². The van der Waals surface area contributed by atoms with Crippen LogP contribution in [0.5, 0.6) is 5.75 Å². The Morgan fingerprint density at radius 1 is 1.23 bits per heavy atom. The van der Waals surface area contributed by atoms with Gasteiger partial charge in [-0.05, 0) is 30.2 Å². The van der Waals surface area contributed by atoms with Crippen molar-refractivity contribution >= 4 is 5.97 Å². The molecule has 1 aromatic carbocycles. The summed E-state index contributed by atoms with van der Waals surface area (Å²) in [6.45, 7) is 11.4. The van der Waals surface area contributed by atoms with E-state index in [0.717, 1.165) is 38.3 Å². The maximum absolute atomic E-state index is 12.3. The Hall–Kier alpha value is -2.10. The molecule has 1 aliphatic heterocycles. The highest BCUT2D eigenvalue weighted by atomic mass is 16.5. The number of benzene rings is 1. The zero-order valence-corrected chi connectivity index (χ0v) is 16.5. The maximum Gasteiger partial charge on any atom is 0.341 e. The molecule has 0 N–H and O–H groups in total. The van der Waals surface area contributed by atoms with Crippen LogP contribution in [0.3, 0.4) is 0 Å². The van der Waals surface area contributed by atoms with Gasteiger partial charge >= 0.3 is 5.97 Å². The van der Waals surface area contributed by atoms with Crippen LogP contribution in [0.4, 0.5) is 0 Å². The molecule has 1 saturated heterocycles. The third-order valence-electron chi connectivity index (χ3n) is 4.73. The minimum atomic E-state index is -0.484. The van der Waals surface area contributed by atoms with Crippen LogP contribution in [0.25, 0.3) is 0 Å². The number of likely N-dealkylation sites (N-methyl/N-ethyl adjacent to an activating group) is 1. The average molecular weight is 359 g/mol. The second-order valence-corrected chi connectivity index (χ2v) is 7.75. The van der Waals surface area contributed by atoms with Gasteiger partial charge in [-0.15, -0.1) is 0 Å². The van der Waals surface area contributed by atoms with Gasteiger partial charge in [0.25, 0.3) is 0 Å². The third kappa shape index (κ3) is 4.96. The Morgan fingerprint density at radius 2 is 1.88 bits per heavy atom. The molecule has 0 spiro atoms. The van der Waals surface area contributed by atoms with E-state index < -0.39 is 5.97 Å². The smallest absolute Gasteiger partial charge is 0.341 e. The quantitative estimate of drug-likeness (QED) is 0.752. The van der Waals surface area contributed by atoms with Crippen molar-refractivity contribution in [3.05, 3.63) is 28.8 Å². The molecule has 0 aromatic heterocycles. The monoisotopic (exact) mass is 359 g/mol. The van der Waals surface area contributed by atoms with E-state index in [0.29, 0.717) is 23.5 Å². The Morgan fingerprint density at radius 3 is 2.42 bits per heavy atom. The van der Waals surface area contributed by atoms with E-state index in [1.807, 2.05) is 20.8 Å². The number of methoxy groups -OCH3 is 1. The largest absolute Gasteiger partial charge is 0.490 e. The molecule has 1 fully saturated rings. The van der Waals surface area contributed by atoms with E-state index in [-0.39, 0.29) is 5.41 Å². The van der Waals surface area contributed by atoms with Crippen LogP contribution in [-0.4, -0.2) is 69.3 Å². The van der Waals surface area contributed by atoms with Crippen molar-refractivity contribution in [2.75, 3.05) is 53.5 Å². The highest BCUT2D eigenvalue weighted by molar-refractivity contribution is 5.93. The standard InChI is InChI=1S/C20H29N3O3/c1-20(2,3)16-12-15(14-21)18(17(13-16)19(24)25-5)26-11-10-23-8-6-22(4)7-9-23/h12-13H,6-11H2,1-5H3. The molecule has 26 heavy (non-hydrogen) atoms. The average Bonchev–Trinajstić information content (AvgIpc) is 2.61. The highest BCUT2D eigenvalue weighted by Crippen LogP contribution is 2.32. The van der Waals surface area contributed by atoms with Crippen molar-refractivity contribution in [3.8, 4) is 11.8 Å². The molecule has 0 saturated carbocycles. The number of ether oxygens (including phenoxy) is 2. The lowest BCUT2D eigenvalue weighted by Crippen LogP contribution is -2.45. The van der Waals surface area contributed by atoms with Crippen LogP contribution in [0, 0.1) is 11.3 Å². The number of nitriles is 1. The Balaban J connectivity index is 2.20. The van der Waals surface area contributed by atoms with Gasteiger partial charge in [-0.3, -0.25) is 4.90 Å². The van der Waals surface area contributed by atoms with E-state index in [2.05, 4.69) is 22.9 Å². The number of rotatable bonds is 5. The summed E-state index contributed by atoms with van der Waals surface area (Å²) in [6, 6.07) is 5.75. The molecule has 2 rings (SSSR count). The summed E-state index contributed by atoms with van der Waals surface area (Å²) in [5, 5.41) is 9.57. The van der Waals surface area contributed by atoms with Crippen LogP contribution in [0.1, 0.15) is 42.3 Å². The van der Waals surface area contributed by atoms with E-state index in [1.54, 1.807) is 12.1 Å². The second kappa shape index (κ2) is 8.52. The van der Waals surface area contributed by atoms with Crippen molar-refractivity contribution < 1.29 is 14.3 Å². The number of nitrogens with zero attached hydrogens (tertiary/aromatic N) is 3. The van der Waals surface area contributed by atoms with Gasteiger partial charge in [0, 0.05) is 32.7 Å². The summed E-state index contributed by atoms with van der Waals surface area (Å²) < 4.78 is 10.8. The predicted octanol–water partition coefficient (Wildman–Crippen LogP) is 2.27. The Kier molecular flexibility index (Phi) is 6.63.